The van der Waals surface area contributed by atoms with Crippen LogP contribution < -0.4 is 5.32 Å². The Labute approximate surface area is 122 Å². The first-order valence-electron chi connectivity index (χ1n) is 6.22. The van der Waals surface area contributed by atoms with Crippen LogP contribution in [0.5, 0.6) is 0 Å². The van der Waals surface area contributed by atoms with Gasteiger partial charge in [0.25, 0.3) is 5.69 Å². The predicted octanol–water partition coefficient (Wildman–Crippen LogP) is 2.31. The van der Waals surface area contributed by atoms with Crippen molar-refractivity contribution in [2.24, 2.45) is 0 Å². The molecular formula is C12H16N2O4S2. The lowest BCUT2D eigenvalue weighted by atomic mass is 10.2. The van der Waals surface area contributed by atoms with Crippen LogP contribution in [0.3, 0.4) is 0 Å². The molecule has 20 heavy (non-hydrogen) atoms. The summed E-state index contributed by atoms with van der Waals surface area (Å²) >= 11 is 1.89. The maximum absolute atomic E-state index is 11.6. The number of benzene rings is 1. The maximum Gasteiger partial charge on any atom is 0.288 e. The molecule has 0 amide bonds. The van der Waals surface area contributed by atoms with Crippen LogP contribution in [-0.4, -0.2) is 37.1 Å². The number of nitrogens with one attached hydrogen (secondary N) is 1. The fourth-order valence-electron chi connectivity index (χ4n) is 2.11. The summed E-state index contributed by atoms with van der Waals surface area (Å²) in [5.74, 6) is 1.15. The van der Waals surface area contributed by atoms with Crippen molar-refractivity contribution < 1.29 is 13.3 Å². The molecule has 1 N–H and O–H groups in total. The molecule has 8 heteroatoms. The number of rotatable bonds is 5. The second-order valence-electron chi connectivity index (χ2n) is 4.73. The topological polar surface area (TPSA) is 89.3 Å². The first-order chi connectivity index (χ1) is 9.38. The van der Waals surface area contributed by atoms with Crippen LogP contribution in [0.1, 0.15) is 12.8 Å². The van der Waals surface area contributed by atoms with Gasteiger partial charge in [-0.15, -0.1) is 0 Å². The third kappa shape index (κ3) is 3.63. The number of hydrogen-bond acceptors (Lipinski definition) is 6. The summed E-state index contributed by atoms with van der Waals surface area (Å²) in [4.78, 5) is 9.95. The third-order valence-electron chi connectivity index (χ3n) is 3.11. The highest BCUT2D eigenvalue weighted by Gasteiger charge is 2.23. The van der Waals surface area contributed by atoms with Crippen molar-refractivity contribution in [3.05, 3.63) is 28.3 Å². The summed E-state index contributed by atoms with van der Waals surface area (Å²) < 4.78 is 23.3. The minimum absolute atomic E-state index is 0.244. The molecular weight excluding hydrogens is 300 g/mol. The monoisotopic (exact) mass is 316 g/mol. The first kappa shape index (κ1) is 15.1. The molecule has 1 aromatic rings. The van der Waals surface area contributed by atoms with Crippen LogP contribution in [0.25, 0.3) is 0 Å². The van der Waals surface area contributed by atoms with Crippen molar-refractivity contribution in [3.8, 4) is 0 Å². The molecule has 1 fully saturated rings. The van der Waals surface area contributed by atoms with E-state index in [0.29, 0.717) is 10.9 Å². The van der Waals surface area contributed by atoms with Crippen molar-refractivity contribution in [2.45, 2.75) is 23.0 Å². The van der Waals surface area contributed by atoms with Crippen LogP contribution in [0, 0.1) is 10.1 Å². The van der Waals surface area contributed by atoms with Gasteiger partial charge in [-0.1, -0.05) is 0 Å². The SMILES string of the molecule is CS(=O)(=O)c1cc(NCC2CCCS2)ccc1[N+](=O)[O-]. The van der Waals surface area contributed by atoms with Crippen molar-refractivity contribution in [2.75, 3.05) is 23.9 Å². The van der Waals surface area contributed by atoms with Crippen LogP contribution in [0.2, 0.25) is 0 Å². The second-order valence-corrected chi connectivity index (χ2v) is 8.12. The summed E-state index contributed by atoms with van der Waals surface area (Å²) in [6.07, 6.45) is 3.32. The fraction of sp³-hybridized carbons (Fsp3) is 0.500. The average molecular weight is 316 g/mol. The lowest BCUT2D eigenvalue weighted by molar-refractivity contribution is -0.387. The Morgan fingerprint density at radius 3 is 2.80 bits per heavy atom. The highest BCUT2D eigenvalue weighted by Crippen LogP contribution is 2.29. The molecule has 0 radical (unpaired) electrons. The molecule has 6 nitrogen and oxygen atoms in total. The van der Waals surface area contributed by atoms with E-state index in [1.54, 1.807) is 6.07 Å². The Kier molecular flexibility index (Phi) is 4.54. The molecule has 1 atom stereocenters. The summed E-state index contributed by atoms with van der Waals surface area (Å²) in [5.41, 5.74) is 0.219. The van der Waals surface area contributed by atoms with Crippen LogP contribution in [0.4, 0.5) is 11.4 Å². The molecule has 110 valence electrons. The third-order valence-corrected chi connectivity index (χ3v) is 5.64. The van der Waals surface area contributed by atoms with E-state index in [0.717, 1.165) is 25.0 Å². The Balaban J connectivity index is 2.20. The number of anilines is 1. The minimum atomic E-state index is -3.63. The largest absolute Gasteiger partial charge is 0.384 e. The van der Waals surface area contributed by atoms with Crippen LogP contribution >= 0.6 is 11.8 Å². The van der Waals surface area contributed by atoms with E-state index in [1.165, 1.54) is 18.6 Å². The fourth-order valence-corrected chi connectivity index (χ4v) is 4.17. The summed E-state index contributed by atoms with van der Waals surface area (Å²) in [6, 6.07) is 4.13. The molecule has 0 saturated carbocycles. The Hall–Kier alpha value is -1.28. The number of nitro benzene ring substituents is 1. The van der Waals surface area contributed by atoms with Gasteiger partial charge in [-0.05, 0) is 30.7 Å². The zero-order valence-electron chi connectivity index (χ0n) is 11.0. The Morgan fingerprint density at radius 2 is 2.25 bits per heavy atom. The molecule has 1 heterocycles. The molecule has 1 saturated heterocycles. The van der Waals surface area contributed by atoms with Gasteiger partial charge in [-0.25, -0.2) is 8.42 Å². The van der Waals surface area contributed by atoms with E-state index in [9.17, 15) is 18.5 Å². The van der Waals surface area contributed by atoms with E-state index in [1.807, 2.05) is 11.8 Å². The molecule has 1 aliphatic rings. The number of thioether (sulfide) groups is 1. The molecule has 2 rings (SSSR count). The predicted molar refractivity (Wildman–Crippen MR) is 80.2 cm³/mol. The maximum atomic E-state index is 11.6. The first-order valence-corrected chi connectivity index (χ1v) is 9.16. The summed E-state index contributed by atoms with van der Waals surface area (Å²) in [5, 5.41) is 14.5. The van der Waals surface area contributed by atoms with Crippen molar-refractivity contribution in [3.63, 3.8) is 0 Å². The molecule has 0 bridgehead atoms. The summed E-state index contributed by atoms with van der Waals surface area (Å²) in [6.45, 7) is 0.742. The quantitative estimate of drug-likeness (QED) is 0.662. The van der Waals surface area contributed by atoms with Crippen molar-refractivity contribution >= 4 is 33.0 Å². The molecule has 1 unspecified atom stereocenters. The van der Waals surface area contributed by atoms with Gasteiger partial charge >= 0.3 is 0 Å². The van der Waals surface area contributed by atoms with Crippen LogP contribution in [0.15, 0.2) is 23.1 Å². The van der Waals surface area contributed by atoms with Crippen molar-refractivity contribution in [1.82, 2.24) is 0 Å². The Bertz CT molecular complexity index is 610. The van der Waals surface area contributed by atoms with Gasteiger partial charge < -0.3 is 5.32 Å². The standard InChI is InChI=1S/C12H16N2O4S2/c1-20(17,18)12-7-9(4-5-11(12)14(15)16)13-8-10-3-2-6-19-10/h4-5,7,10,13H,2-3,6,8H2,1H3. The average Bonchev–Trinajstić information content (AvgIpc) is 2.88. The molecule has 1 aromatic carbocycles. The molecule has 0 spiro atoms. The van der Waals surface area contributed by atoms with Gasteiger partial charge in [0.2, 0.25) is 0 Å². The van der Waals surface area contributed by atoms with E-state index < -0.39 is 14.8 Å². The number of nitro groups is 1. The lowest BCUT2D eigenvalue weighted by Crippen LogP contribution is -2.14. The highest BCUT2D eigenvalue weighted by molar-refractivity contribution is 8.00. The van der Waals surface area contributed by atoms with E-state index in [-0.39, 0.29) is 10.6 Å². The number of sulfone groups is 1. The summed E-state index contributed by atoms with van der Waals surface area (Å²) in [7, 11) is -3.63. The van der Waals surface area contributed by atoms with Gasteiger partial charge in [0, 0.05) is 29.8 Å². The van der Waals surface area contributed by atoms with Gasteiger partial charge in [-0.2, -0.15) is 11.8 Å². The van der Waals surface area contributed by atoms with Gasteiger partial charge in [0.15, 0.2) is 9.84 Å². The second kappa shape index (κ2) is 6.01. The minimum Gasteiger partial charge on any atom is -0.384 e. The van der Waals surface area contributed by atoms with E-state index in [2.05, 4.69) is 5.32 Å². The van der Waals surface area contributed by atoms with Gasteiger partial charge in [0.05, 0.1) is 4.92 Å². The highest BCUT2D eigenvalue weighted by atomic mass is 32.2. The Morgan fingerprint density at radius 1 is 1.50 bits per heavy atom. The van der Waals surface area contributed by atoms with Gasteiger partial charge in [0.1, 0.15) is 4.90 Å². The molecule has 0 aliphatic carbocycles. The normalized spacial score (nSPS) is 18.9. The molecule has 0 aromatic heterocycles. The number of hydrogen-bond donors (Lipinski definition) is 1. The zero-order chi connectivity index (χ0) is 14.8. The smallest absolute Gasteiger partial charge is 0.288 e. The lowest BCUT2D eigenvalue weighted by Gasteiger charge is -2.12. The molecule has 1 aliphatic heterocycles. The van der Waals surface area contributed by atoms with E-state index in [4.69, 9.17) is 0 Å². The van der Waals surface area contributed by atoms with Crippen molar-refractivity contribution in [1.29, 1.82) is 0 Å². The van der Waals surface area contributed by atoms with Gasteiger partial charge in [-0.3, -0.25) is 10.1 Å². The van der Waals surface area contributed by atoms with E-state index >= 15 is 0 Å². The zero-order valence-corrected chi connectivity index (χ0v) is 12.7. The number of nitrogens with zero attached hydrogens (tertiary/aromatic N) is 1. The van der Waals surface area contributed by atoms with Crippen LogP contribution in [-0.2, 0) is 9.84 Å².